The van der Waals surface area contributed by atoms with E-state index in [9.17, 15) is 67.4 Å². The number of hydrogen-bond acceptors (Lipinski definition) is 22. The zero-order valence-corrected chi connectivity index (χ0v) is 55.5. The molecule has 0 radical (unpaired) electrons. The van der Waals surface area contributed by atoms with Gasteiger partial charge < -0.3 is 115 Å². The van der Waals surface area contributed by atoms with Gasteiger partial charge >= 0.3 is 5.97 Å². The van der Waals surface area contributed by atoms with E-state index in [1.54, 1.807) is 41.5 Å². The van der Waals surface area contributed by atoms with E-state index in [0.717, 1.165) is 0 Å². The van der Waals surface area contributed by atoms with Crippen LogP contribution in [-0.2, 0) is 62.3 Å². The fraction of sp³-hybridized carbons (Fsp3) is 0.772. The number of likely N-dealkylation sites (tertiary alicyclic amines) is 1. The van der Waals surface area contributed by atoms with Gasteiger partial charge in [-0.15, -0.1) is 0 Å². The van der Waals surface area contributed by atoms with Gasteiger partial charge in [0.15, 0.2) is 6.04 Å². The first kappa shape index (κ1) is 84.7. The minimum atomic E-state index is -1.70. The normalized spacial score (nSPS) is 16.0. The maximum Gasteiger partial charge on any atom is 0.326 e. The molecule has 0 unspecified atom stereocenters. The predicted molar refractivity (Wildman–Crippen MR) is 343 cm³/mol. The molecule has 0 saturated carbocycles. The molecule has 35 N–H and O–H groups in total. The summed E-state index contributed by atoms with van der Waals surface area (Å²) in [5, 5.41) is 41.3. The third-order valence-corrected chi connectivity index (χ3v) is 15.0. The number of carbonyl (C=O) groups excluding carboxylic acids is 12. The van der Waals surface area contributed by atoms with Crippen molar-refractivity contribution < 1.29 is 78.9 Å². The Balaban J connectivity index is 3.38. The number of nitrogens with zero attached hydrogens (tertiary/aromatic N) is 1. The Bertz CT molecular complexity index is 2460. The van der Waals surface area contributed by atoms with Crippen LogP contribution in [-0.4, -0.2) is 205 Å². The summed E-state index contributed by atoms with van der Waals surface area (Å²) in [7, 11) is 0. The van der Waals surface area contributed by atoms with Crippen LogP contribution in [0.2, 0.25) is 0 Å². The lowest BCUT2D eigenvalue weighted by Gasteiger charge is -2.32. The molecule has 0 spiro atoms. The number of nitrogens with one attached hydrogen (secondary N) is 12. The average molecular weight is 1340 g/mol. The van der Waals surface area contributed by atoms with Crippen LogP contribution in [0.25, 0.3) is 0 Å². The van der Waals surface area contributed by atoms with Crippen molar-refractivity contribution >= 4 is 76.9 Å². The van der Waals surface area contributed by atoms with Crippen molar-refractivity contribution in [2.24, 2.45) is 63.6 Å². The van der Waals surface area contributed by atoms with Gasteiger partial charge in [0.05, 0.1) is 19.5 Å². The molecule has 538 valence electrons. The van der Waals surface area contributed by atoms with Gasteiger partial charge in [-0.1, -0.05) is 41.5 Å². The van der Waals surface area contributed by atoms with Crippen molar-refractivity contribution in [1.82, 2.24) is 68.7 Å². The van der Waals surface area contributed by atoms with Crippen molar-refractivity contribution in [1.29, 1.82) is 0 Å². The third-order valence-electron chi connectivity index (χ3n) is 15.0. The monoisotopic (exact) mass is 1340 g/mol. The number of carbonyl (C=O) groups is 13. The van der Waals surface area contributed by atoms with Crippen LogP contribution >= 0.6 is 0 Å². The Hall–Kier alpha value is -7.33. The van der Waals surface area contributed by atoms with Crippen molar-refractivity contribution in [3.05, 3.63) is 0 Å². The molecule has 1 saturated heterocycles. The molecular weight excluding hydrogens is 1230 g/mol. The molecule has 94 heavy (non-hydrogen) atoms. The first-order valence-corrected chi connectivity index (χ1v) is 32.2. The fourth-order valence-electron chi connectivity index (χ4n) is 10.0. The van der Waals surface area contributed by atoms with E-state index in [1.807, 2.05) is 0 Å². The molecule has 0 aromatic heterocycles. The maximum absolute atomic E-state index is 14.4. The molecule has 0 aromatic carbocycles. The Morgan fingerprint density at radius 3 is 1.45 bits per heavy atom. The Morgan fingerprint density at radius 1 is 0.500 bits per heavy atom. The van der Waals surface area contributed by atoms with Crippen LogP contribution in [0.15, 0.2) is 0 Å². The molecule has 0 bridgehead atoms. The zero-order valence-electron chi connectivity index (χ0n) is 55.5. The summed E-state index contributed by atoms with van der Waals surface area (Å²) in [4.78, 5) is 177. The summed E-state index contributed by atoms with van der Waals surface area (Å²) in [6.07, 6.45) is -1.14. The SMILES string of the molecule is CC(C)C[C@H](NC(=O)[C@H](CCCNC(N)N)NC(=O)[C@@H]([NH3+])CCCNC(N)N)C(=O)N[C@@H](CCC(N)=O)C(=O)N[C@@H](CCCC[NH3+])C(=O)NCC(=O)N[C@@H](CC(N)=O)C(=O)N[C@@H](CC(C)C)C(=O)N1CCC[C@H]1C(=O)N[C@H](C(=O)N[C@@H](CCCNC(N)N)C(=O)O)C(C)C. The van der Waals surface area contributed by atoms with Gasteiger partial charge in [0.1, 0.15) is 73.2 Å². The number of nitrogens with two attached hydrogens (primary N) is 8. The Kier molecular flexibility index (Phi) is 40.6. The van der Waals surface area contributed by atoms with Crippen molar-refractivity contribution in [2.75, 3.05) is 39.3 Å². The Labute approximate surface area is 549 Å². The molecule has 1 aliphatic rings. The van der Waals surface area contributed by atoms with Crippen LogP contribution in [0.4, 0.5) is 0 Å². The minimum Gasteiger partial charge on any atom is -0.480 e. The lowest BCUT2D eigenvalue weighted by Crippen LogP contribution is -2.69. The quantitative estimate of drug-likeness (QED) is 0.0199. The Morgan fingerprint density at radius 2 is 0.947 bits per heavy atom. The van der Waals surface area contributed by atoms with E-state index < -0.39 is 181 Å². The topological polar surface area (TPSA) is 653 Å². The highest BCUT2D eigenvalue weighted by Gasteiger charge is 2.41. The summed E-state index contributed by atoms with van der Waals surface area (Å²) in [5.41, 5.74) is 52.0. The van der Waals surface area contributed by atoms with Gasteiger partial charge in [0.25, 0.3) is 5.91 Å². The molecular formula is C57H113N23O14+2. The maximum atomic E-state index is 14.4. The number of amides is 12. The highest BCUT2D eigenvalue weighted by Crippen LogP contribution is 2.22. The lowest BCUT2D eigenvalue weighted by atomic mass is 10.00. The molecule has 1 rings (SSSR count). The summed E-state index contributed by atoms with van der Waals surface area (Å²) in [6, 6.07) is -12.9. The molecule has 37 nitrogen and oxygen atoms in total. The van der Waals surface area contributed by atoms with Gasteiger partial charge in [0, 0.05) is 19.4 Å². The molecule has 1 fully saturated rings. The second-order valence-corrected chi connectivity index (χ2v) is 24.8. The average Bonchev–Trinajstić information content (AvgIpc) is 1.60. The molecule has 37 heteroatoms. The highest BCUT2D eigenvalue weighted by atomic mass is 16.4. The first-order valence-electron chi connectivity index (χ1n) is 32.2. The second kappa shape index (κ2) is 45.1. The number of carboxylic acids is 1. The smallest absolute Gasteiger partial charge is 0.326 e. The van der Waals surface area contributed by atoms with Crippen LogP contribution in [0.5, 0.6) is 0 Å². The number of carboxylic acid groups (broad SMARTS) is 1. The van der Waals surface area contributed by atoms with E-state index in [4.69, 9.17) is 45.9 Å². The summed E-state index contributed by atoms with van der Waals surface area (Å²) < 4.78 is 0. The molecule has 1 aliphatic heterocycles. The lowest BCUT2D eigenvalue weighted by molar-refractivity contribution is -0.405. The second-order valence-electron chi connectivity index (χ2n) is 24.8. The number of hydrogen-bond donors (Lipinski definition) is 23. The zero-order chi connectivity index (χ0) is 71.4. The number of quaternary nitrogens is 2. The molecule has 10 atom stereocenters. The van der Waals surface area contributed by atoms with Gasteiger partial charge in [-0.2, -0.15) is 0 Å². The fourth-order valence-corrected chi connectivity index (χ4v) is 10.0. The number of primary amides is 2. The van der Waals surface area contributed by atoms with Crippen LogP contribution < -0.4 is 121 Å². The number of rotatable bonds is 49. The van der Waals surface area contributed by atoms with E-state index >= 15 is 0 Å². The van der Waals surface area contributed by atoms with E-state index in [2.05, 4.69) is 75.3 Å². The van der Waals surface area contributed by atoms with E-state index in [-0.39, 0.29) is 76.4 Å². The van der Waals surface area contributed by atoms with Crippen molar-refractivity contribution in [3.8, 4) is 0 Å². The van der Waals surface area contributed by atoms with Gasteiger partial charge in [0.2, 0.25) is 65.0 Å². The molecule has 12 amide bonds. The predicted octanol–water partition coefficient (Wildman–Crippen LogP) is -10.3. The summed E-state index contributed by atoms with van der Waals surface area (Å²) >= 11 is 0. The van der Waals surface area contributed by atoms with Gasteiger partial charge in [-0.05, 0) is 121 Å². The van der Waals surface area contributed by atoms with Gasteiger partial charge in [-0.3, -0.25) is 73.5 Å². The van der Waals surface area contributed by atoms with Crippen molar-refractivity contribution in [3.63, 3.8) is 0 Å². The summed E-state index contributed by atoms with van der Waals surface area (Å²) in [5.74, 6) is -12.4. The largest absolute Gasteiger partial charge is 0.480 e. The van der Waals surface area contributed by atoms with Crippen molar-refractivity contribution in [2.45, 2.75) is 224 Å². The summed E-state index contributed by atoms with van der Waals surface area (Å²) in [6.45, 7) is 11.0. The van der Waals surface area contributed by atoms with Gasteiger partial charge in [-0.25, -0.2) is 4.79 Å². The minimum absolute atomic E-state index is 0.0158. The highest BCUT2D eigenvalue weighted by molar-refractivity contribution is 5.99. The molecule has 0 aromatic rings. The van der Waals surface area contributed by atoms with Crippen LogP contribution in [0.1, 0.15) is 144 Å². The van der Waals surface area contributed by atoms with E-state index in [0.29, 0.717) is 58.0 Å². The van der Waals surface area contributed by atoms with Crippen LogP contribution in [0, 0.1) is 17.8 Å². The third kappa shape index (κ3) is 34.7. The number of unbranched alkanes of at least 4 members (excludes halogenated alkanes) is 1. The molecule has 1 heterocycles. The molecule has 0 aliphatic carbocycles. The number of aliphatic carboxylic acids is 1. The van der Waals surface area contributed by atoms with Crippen LogP contribution in [0.3, 0.4) is 0 Å². The standard InChI is InChI=1S/C57H111N23O14/c1-29(2)25-37(77-47(86)34(15-10-22-69-56(64)65)73-45(84)32(59)13-9-21-68-55(62)63)49(88)75-35(18-19-41(60)81)48(87)74-33(14-7-8-20-58)46(85)71-28-43(83)72-38(27-42(61)82)50(89)78-39(26-30(3)4)53(92)80-24-12-17-40(80)51(90)79-44(31(5)6)52(91)76-36(54(93)94)16-11-23-70-57(66)67/h29-40,44,55-57,68-70H,7-28,58-59,62-67H2,1-6H3,(H2,60,81)(H2,61,82)(H,71,85)(H,72,83)(H,73,84)(H,74,87)(H,75,88)(H,76,91)(H,77,86)(H,78,89)(H,79,90)(H,93,94)/p+2/t32-,33-,34-,35-,36-,37-,38-,39-,40-,44-/m0/s1. The first-order chi connectivity index (χ1) is 44.1. The van der Waals surface area contributed by atoms with E-state index in [1.165, 1.54) is 4.90 Å².